The van der Waals surface area contributed by atoms with E-state index in [0.29, 0.717) is 17.0 Å². The summed E-state index contributed by atoms with van der Waals surface area (Å²) in [6, 6.07) is 7.21. The Morgan fingerprint density at radius 1 is 1.00 bits per heavy atom. The number of hydrogen-bond donors (Lipinski definition) is 3. The predicted molar refractivity (Wildman–Crippen MR) is 84.1 cm³/mol. The van der Waals surface area contributed by atoms with Crippen LogP contribution in [0.4, 0.5) is 11.4 Å². The largest absolute Gasteiger partial charge is 0.474 e. The summed E-state index contributed by atoms with van der Waals surface area (Å²) < 4.78 is 5.26. The Balaban J connectivity index is 2.07. The number of amides is 2. The van der Waals surface area contributed by atoms with Crippen molar-refractivity contribution in [3.05, 3.63) is 47.4 Å². The molecule has 8 nitrogen and oxygen atoms in total. The molecule has 1 heterocycles. The number of ketones is 1. The van der Waals surface area contributed by atoms with E-state index in [0.717, 1.165) is 0 Å². The fourth-order valence-corrected chi connectivity index (χ4v) is 1.96. The van der Waals surface area contributed by atoms with Gasteiger partial charge in [-0.15, -0.1) is 0 Å². The highest BCUT2D eigenvalue weighted by molar-refractivity contribution is 6.36. The van der Waals surface area contributed by atoms with Crippen LogP contribution in [0.5, 0.6) is 0 Å². The lowest BCUT2D eigenvalue weighted by Gasteiger charge is -2.05. The second-order valence-corrected chi connectivity index (χ2v) is 4.93. The van der Waals surface area contributed by atoms with Gasteiger partial charge in [0, 0.05) is 17.4 Å². The number of rotatable bonds is 4. The van der Waals surface area contributed by atoms with E-state index in [9.17, 15) is 19.2 Å². The number of aliphatic carboxylic acids is 1. The molecule has 24 heavy (non-hydrogen) atoms. The van der Waals surface area contributed by atoms with E-state index < -0.39 is 17.8 Å². The summed E-state index contributed by atoms with van der Waals surface area (Å²) in [5, 5.41) is 13.2. The summed E-state index contributed by atoms with van der Waals surface area (Å²) in [5.74, 6) is -3.13. The van der Waals surface area contributed by atoms with Crippen molar-refractivity contribution in [2.24, 2.45) is 0 Å². The van der Waals surface area contributed by atoms with Crippen LogP contribution >= 0.6 is 0 Å². The maximum Gasteiger partial charge on any atom is 0.394 e. The van der Waals surface area contributed by atoms with Crippen molar-refractivity contribution in [1.82, 2.24) is 0 Å². The van der Waals surface area contributed by atoms with Gasteiger partial charge in [0.25, 0.3) is 5.91 Å². The molecule has 0 aliphatic carbocycles. The van der Waals surface area contributed by atoms with E-state index in [1.54, 1.807) is 6.92 Å². The number of carboxylic acid groups (broad SMARTS) is 1. The van der Waals surface area contributed by atoms with Gasteiger partial charge < -0.3 is 20.2 Å². The lowest BCUT2D eigenvalue weighted by molar-refractivity contribution is -0.147. The summed E-state index contributed by atoms with van der Waals surface area (Å²) in [4.78, 5) is 44.9. The Kier molecular flexibility index (Phi) is 4.78. The number of carboxylic acids is 1. The first-order valence-corrected chi connectivity index (χ1v) is 6.85. The molecule has 2 aromatic rings. The Bertz CT molecular complexity index is 820. The molecule has 0 bridgehead atoms. The highest BCUT2D eigenvalue weighted by atomic mass is 16.4. The molecule has 1 aromatic heterocycles. The van der Waals surface area contributed by atoms with E-state index in [-0.39, 0.29) is 17.2 Å². The summed E-state index contributed by atoms with van der Waals surface area (Å²) in [6.07, 6.45) is 0. The first kappa shape index (κ1) is 16.9. The molecular weight excluding hydrogens is 316 g/mol. The first-order chi connectivity index (χ1) is 11.3. The number of nitrogens with one attached hydrogen (secondary N) is 2. The van der Waals surface area contributed by atoms with Gasteiger partial charge in [0.1, 0.15) is 5.76 Å². The smallest absolute Gasteiger partial charge is 0.394 e. The second kappa shape index (κ2) is 6.78. The van der Waals surface area contributed by atoms with Gasteiger partial charge in [-0.3, -0.25) is 14.4 Å². The highest BCUT2D eigenvalue weighted by Crippen LogP contribution is 2.18. The van der Waals surface area contributed by atoms with Crippen molar-refractivity contribution in [2.75, 3.05) is 10.6 Å². The Labute approximate surface area is 136 Å². The fourth-order valence-electron chi connectivity index (χ4n) is 1.96. The summed E-state index contributed by atoms with van der Waals surface area (Å²) >= 11 is 0. The number of furan rings is 1. The third-order valence-corrected chi connectivity index (χ3v) is 3.12. The maximum absolute atomic E-state index is 12.1. The molecule has 2 amide bonds. The zero-order valence-corrected chi connectivity index (χ0v) is 12.9. The number of benzene rings is 1. The van der Waals surface area contributed by atoms with Crippen molar-refractivity contribution in [2.45, 2.75) is 13.8 Å². The Hall–Kier alpha value is -3.42. The molecule has 2 rings (SSSR count). The van der Waals surface area contributed by atoms with Crippen LogP contribution in [0.3, 0.4) is 0 Å². The van der Waals surface area contributed by atoms with Crippen LogP contribution in [0.2, 0.25) is 0 Å². The van der Waals surface area contributed by atoms with Gasteiger partial charge in [0.2, 0.25) is 0 Å². The minimum atomic E-state index is -1.60. The predicted octanol–water partition coefficient (Wildman–Crippen LogP) is 2.07. The van der Waals surface area contributed by atoms with Crippen molar-refractivity contribution in [1.29, 1.82) is 0 Å². The number of hydrogen-bond acceptors (Lipinski definition) is 5. The number of Topliss-reactive ketones (excluding diaryl/α,β-unsaturated/α-hetero) is 1. The van der Waals surface area contributed by atoms with Crippen LogP contribution in [-0.4, -0.2) is 28.7 Å². The molecule has 0 aliphatic heterocycles. The molecule has 0 fully saturated rings. The molecule has 1 aromatic carbocycles. The number of carbonyl (C=O) groups is 4. The average molecular weight is 330 g/mol. The number of anilines is 2. The van der Waals surface area contributed by atoms with Crippen molar-refractivity contribution >= 4 is 34.9 Å². The molecule has 3 N–H and O–H groups in total. The Morgan fingerprint density at radius 2 is 1.54 bits per heavy atom. The summed E-state index contributed by atoms with van der Waals surface area (Å²) in [6.45, 7) is 2.97. The van der Waals surface area contributed by atoms with Crippen molar-refractivity contribution < 1.29 is 28.7 Å². The normalized spacial score (nSPS) is 10.1. The Morgan fingerprint density at radius 3 is 2.00 bits per heavy atom. The highest BCUT2D eigenvalue weighted by Gasteiger charge is 2.17. The van der Waals surface area contributed by atoms with Crippen LogP contribution in [0.25, 0.3) is 0 Å². The number of aryl methyl sites for hydroxylation is 1. The van der Waals surface area contributed by atoms with Crippen LogP contribution < -0.4 is 10.6 Å². The standard InChI is InChI=1S/C16H14N2O6/c1-8(19)12-7-13(24-9(12)2)14(20)17-10-3-5-11(6-4-10)18-15(21)16(22)23/h3-7H,1-2H3,(H,17,20)(H,18,21)(H,22,23). The fraction of sp³-hybridized carbons (Fsp3) is 0.125. The van der Waals surface area contributed by atoms with Crippen LogP contribution in [0.1, 0.15) is 33.6 Å². The average Bonchev–Trinajstić information content (AvgIpc) is 2.91. The summed E-state index contributed by atoms with van der Waals surface area (Å²) in [7, 11) is 0. The topological polar surface area (TPSA) is 126 Å². The molecule has 0 radical (unpaired) electrons. The van der Waals surface area contributed by atoms with E-state index >= 15 is 0 Å². The molecule has 0 saturated carbocycles. The van der Waals surface area contributed by atoms with Gasteiger partial charge in [-0.25, -0.2) is 4.79 Å². The SMILES string of the molecule is CC(=O)c1cc(C(=O)Nc2ccc(NC(=O)C(=O)O)cc2)oc1C. The molecule has 0 unspecified atom stereocenters. The van der Waals surface area contributed by atoms with Gasteiger partial charge in [-0.1, -0.05) is 0 Å². The zero-order valence-electron chi connectivity index (χ0n) is 12.9. The van der Waals surface area contributed by atoms with Gasteiger partial charge in [0.05, 0.1) is 5.56 Å². The minimum Gasteiger partial charge on any atom is -0.474 e. The second-order valence-electron chi connectivity index (χ2n) is 4.93. The minimum absolute atomic E-state index is 0.000886. The van der Waals surface area contributed by atoms with Gasteiger partial charge in [-0.2, -0.15) is 0 Å². The van der Waals surface area contributed by atoms with Gasteiger partial charge >= 0.3 is 11.9 Å². The van der Waals surface area contributed by atoms with Crippen molar-refractivity contribution in [3.63, 3.8) is 0 Å². The monoisotopic (exact) mass is 330 g/mol. The first-order valence-electron chi connectivity index (χ1n) is 6.85. The van der Waals surface area contributed by atoms with E-state index in [4.69, 9.17) is 9.52 Å². The molecule has 8 heteroatoms. The summed E-state index contributed by atoms with van der Waals surface area (Å²) in [5.41, 5.74) is 1.02. The molecular formula is C16H14N2O6. The zero-order chi connectivity index (χ0) is 17.9. The van der Waals surface area contributed by atoms with Crippen molar-refractivity contribution in [3.8, 4) is 0 Å². The quantitative estimate of drug-likeness (QED) is 0.582. The molecule has 0 spiro atoms. The van der Waals surface area contributed by atoms with Crippen LogP contribution in [0.15, 0.2) is 34.7 Å². The molecule has 0 aliphatic rings. The van der Waals surface area contributed by atoms with Crippen LogP contribution in [-0.2, 0) is 9.59 Å². The molecule has 0 atom stereocenters. The molecule has 124 valence electrons. The van der Waals surface area contributed by atoms with E-state index in [1.165, 1.54) is 37.3 Å². The van der Waals surface area contributed by atoms with Gasteiger partial charge in [0.15, 0.2) is 11.5 Å². The van der Waals surface area contributed by atoms with E-state index in [2.05, 4.69) is 10.6 Å². The lowest BCUT2D eigenvalue weighted by Crippen LogP contribution is -2.21. The number of carbonyl (C=O) groups excluding carboxylic acids is 3. The maximum atomic E-state index is 12.1. The van der Waals surface area contributed by atoms with Gasteiger partial charge in [-0.05, 0) is 38.1 Å². The lowest BCUT2D eigenvalue weighted by atomic mass is 10.2. The molecule has 0 saturated heterocycles. The third kappa shape index (κ3) is 3.86. The third-order valence-electron chi connectivity index (χ3n) is 3.12. The van der Waals surface area contributed by atoms with Crippen LogP contribution in [0, 0.1) is 6.92 Å². The van der Waals surface area contributed by atoms with E-state index in [1.807, 2.05) is 0 Å².